The molecule has 0 spiro atoms. The SMILES string of the molecule is CC[Si](C)(Oc1cc([C@@H](O)[C@H]2COC(C)(C)N2C(=O)OC(C)(C)C)c(O)c(C)c1OC)C(C)(C)C. The van der Waals surface area contributed by atoms with Crippen LogP contribution in [-0.4, -0.2) is 60.6 Å². The van der Waals surface area contributed by atoms with E-state index in [9.17, 15) is 15.0 Å². The van der Waals surface area contributed by atoms with Gasteiger partial charge >= 0.3 is 6.09 Å². The van der Waals surface area contributed by atoms with Crippen LogP contribution in [-0.2, 0) is 9.47 Å². The van der Waals surface area contributed by atoms with E-state index in [0.29, 0.717) is 17.1 Å². The van der Waals surface area contributed by atoms with Crippen LogP contribution in [0.1, 0.15) is 79.5 Å². The first-order valence-corrected chi connectivity index (χ1v) is 14.8. The molecule has 0 saturated carbocycles. The molecule has 1 heterocycles. The molecule has 0 radical (unpaired) electrons. The number of methoxy groups -OCH3 is 1. The van der Waals surface area contributed by atoms with Crippen molar-refractivity contribution < 1.29 is 33.6 Å². The third-order valence-corrected chi connectivity index (χ3v) is 12.3. The first-order chi connectivity index (χ1) is 15.8. The molecule has 0 aromatic heterocycles. The molecule has 8 nitrogen and oxygen atoms in total. The van der Waals surface area contributed by atoms with E-state index >= 15 is 0 Å². The number of aliphatic hydroxyl groups is 1. The summed E-state index contributed by atoms with van der Waals surface area (Å²) in [6, 6.07) is 1.73. The van der Waals surface area contributed by atoms with Gasteiger partial charge in [0.2, 0.25) is 0 Å². The summed E-state index contributed by atoms with van der Waals surface area (Å²) in [5.41, 5.74) is -1.00. The van der Waals surface area contributed by atoms with Crippen molar-refractivity contribution in [2.24, 2.45) is 0 Å². The average Bonchev–Trinajstić information content (AvgIpc) is 3.03. The molecule has 35 heavy (non-hydrogen) atoms. The van der Waals surface area contributed by atoms with Crippen LogP contribution in [0.4, 0.5) is 4.79 Å². The monoisotopic (exact) mass is 511 g/mol. The number of rotatable bonds is 6. The summed E-state index contributed by atoms with van der Waals surface area (Å²) in [5, 5.41) is 22.5. The summed E-state index contributed by atoms with van der Waals surface area (Å²) in [6.07, 6.45) is -1.84. The van der Waals surface area contributed by atoms with Crippen LogP contribution in [0, 0.1) is 6.92 Å². The van der Waals surface area contributed by atoms with Crippen molar-refractivity contribution in [3.63, 3.8) is 0 Å². The lowest BCUT2D eigenvalue weighted by Crippen LogP contribution is -2.51. The van der Waals surface area contributed by atoms with E-state index in [1.807, 2.05) is 0 Å². The number of aromatic hydroxyl groups is 1. The molecule has 1 aliphatic heterocycles. The molecule has 1 unspecified atom stereocenters. The average molecular weight is 512 g/mol. The number of carbonyl (C=O) groups excluding carboxylic acids is 1. The van der Waals surface area contributed by atoms with Crippen LogP contribution in [0.15, 0.2) is 6.07 Å². The highest BCUT2D eigenvalue weighted by atomic mass is 28.4. The highest BCUT2D eigenvalue weighted by Crippen LogP contribution is 2.48. The second kappa shape index (κ2) is 9.82. The van der Waals surface area contributed by atoms with Gasteiger partial charge in [0.1, 0.15) is 28.9 Å². The van der Waals surface area contributed by atoms with Crippen LogP contribution >= 0.6 is 0 Å². The minimum atomic E-state index is -2.28. The van der Waals surface area contributed by atoms with Crippen molar-refractivity contribution in [2.45, 2.75) is 110 Å². The highest BCUT2D eigenvalue weighted by Gasteiger charge is 2.49. The Kier molecular flexibility index (Phi) is 8.21. The van der Waals surface area contributed by atoms with E-state index < -0.39 is 37.9 Å². The number of phenolic OH excluding ortho intramolecular Hbond substituents is 1. The molecule has 1 aromatic rings. The quantitative estimate of drug-likeness (QED) is 0.460. The van der Waals surface area contributed by atoms with Crippen LogP contribution in [0.3, 0.4) is 0 Å². The second-order valence-electron chi connectivity index (χ2n) is 12.0. The Morgan fingerprint density at radius 3 is 2.31 bits per heavy atom. The van der Waals surface area contributed by atoms with E-state index in [-0.39, 0.29) is 23.0 Å². The number of ether oxygens (including phenoxy) is 3. The zero-order valence-corrected chi connectivity index (χ0v) is 24.5. The van der Waals surface area contributed by atoms with Crippen molar-refractivity contribution in [3.8, 4) is 17.2 Å². The molecule has 1 aromatic carbocycles. The molecule has 1 amide bonds. The van der Waals surface area contributed by atoms with Gasteiger partial charge in [-0.2, -0.15) is 0 Å². The van der Waals surface area contributed by atoms with Gasteiger partial charge in [-0.1, -0.05) is 27.7 Å². The van der Waals surface area contributed by atoms with Crippen molar-refractivity contribution in [2.75, 3.05) is 13.7 Å². The van der Waals surface area contributed by atoms with E-state index in [4.69, 9.17) is 18.6 Å². The second-order valence-corrected chi connectivity index (χ2v) is 16.9. The Morgan fingerprint density at radius 2 is 1.86 bits per heavy atom. The maximum absolute atomic E-state index is 13.1. The van der Waals surface area contributed by atoms with Gasteiger partial charge in [-0.15, -0.1) is 0 Å². The minimum absolute atomic E-state index is 0.0613. The lowest BCUT2D eigenvalue weighted by molar-refractivity contribution is -0.0680. The molecule has 2 N–H and O–H groups in total. The van der Waals surface area contributed by atoms with Gasteiger partial charge in [0.05, 0.1) is 19.8 Å². The number of hydrogen-bond donors (Lipinski definition) is 2. The van der Waals surface area contributed by atoms with E-state index in [1.54, 1.807) is 47.6 Å². The molecule has 3 atom stereocenters. The van der Waals surface area contributed by atoms with Crippen molar-refractivity contribution >= 4 is 14.4 Å². The lowest BCUT2D eigenvalue weighted by Gasteiger charge is -2.40. The van der Waals surface area contributed by atoms with E-state index in [1.165, 1.54) is 12.0 Å². The smallest absolute Gasteiger partial charge is 0.413 e. The van der Waals surface area contributed by atoms with E-state index in [2.05, 4.69) is 34.2 Å². The molecule has 1 aliphatic rings. The van der Waals surface area contributed by atoms with E-state index in [0.717, 1.165) is 6.04 Å². The van der Waals surface area contributed by atoms with Crippen molar-refractivity contribution in [1.82, 2.24) is 4.90 Å². The fraction of sp³-hybridized carbons (Fsp3) is 0.731. The van der Waals surface area contributed by atoms with Crippen molar-refractivity contribution in [3.05, 3.63) is 17.2 Å². The Morgan fingerprint density at radius 1 is 1.29 bits per heavy atom. The normalized spacial score (nSPS) is 20.8. The molecular formula is C26H45NO7Si. The van der Waals surface area contributed by atoms with Crippen LogP contribution in [0.5, 0.6) is 17.2 Å². The maximum Gasteiger partial charge on any atom is 0.413 e. The molecule has 200 valence electrons. The fourth-order valence-corrected chi connectivity index (χ4v) is 6.42. The first-order valence-electron chi connectivity index (χ1n) is 12.2. The summed E-state index contributed by atoms with van der Waals surface area (Å²) in [4.78, 5) is 14.5. The third kappa shape index (κ3) is 5.89. The largest absolute Gasteiger partial charge is 0.541 e. The minimum Gasteiger partial charge on any atom is -0.541 e. The van der Waals surface area contributed by atoms with Crippen molar-refractivity contribution in [1.29, 1.82) is 0 Å². The lowest BCUT2D eigenvalue weighted by atomic mass is 9.97. The Labute approximate surface area is 211 Å². The molecule has 2 rings (SSSR count). The number of benzene rings is 1. The predicted molar refractivity (Wildman–Crippen MR) is 139 cm³/mol. The molecule has 0 aliphatic carbocycles. The van der Waals surface area contributed by atoms with Gasteiger partial charge in [0, 0.05) is 11.1 Å². The number of hydrogen-bond acceptors (Lipinski definition) is 7. The number of nitrogens with zero attached hydrogens (tertiary/aromatic N) is 1. The van der Waals surface area contributed by atoms with Gasteiger partial charge < -0.3 is 28.8 Å². The Balaban J connectivity index is 2.58. The molecule has 1 fully saturated rings. The van der Waals surface area contributed by atoms with Gasteiger partial charge in [-0.25, -0.2) is 4.79 Å². The standard InChI is InChI=1S/C26H45NO7Si/c1-13-35(12,25(6,7)8)34-19-14-17(20(28)16(2)22(19)31-11)21(29)18-15-32-26(9,10)27(18)23(30)33-24(3,4)5/h14,18,21,28-29H,13,15H2,1-12H3/t18-,21-,35?/m1/s1. The summed E-state index contributed by atoms with van der Waals surface area (Å²) >= 11 is 0. The number of carbonyl (C=O) groups is 1. The van der Waals surface area contributed by atoms with Gasteiger partial charge in [-0.3, -0.25) is 4.90 Å². The predicted octanol–water partition coefficient (Wildman–Crippen LogP) is 5.89. The number of amides is 1. The summed E-state index contributed by atoms with van der Waals surface area (Å²) in [6.45, 7) is 21.4. The third-order valence-electron chi connectivity index (χ3n) is 7.07. The fourth-order valence-electron chi connectivity index (χ4n) is 4.28. The maximum atomic E-state index is 13.1. The summed E-state index contributed by atoms with van der Waals surface area (Å²) in [5.74, 6) is 0.804. The zero-order chi connectivity index (χ0) is 27.1. The zero-order valence-electron chi connectivity index (χ0n) is 23.5. The summed E-state index contributed by atoms with van der Waals surface area (Å²) < 4.78 is 23.7. The van der Waals surface area contributed by atoms with Gasteiger partial charge in [0.15, 0.2) is 5.75 Å². The first kappa shape index (κ1) is 29.3. The van der Waals surface area contributed by atoms with Crippen LogP contribution in [0.2, 0.25) is 17.6 Å². The summed E-state index contributed by atoms with van der Waals surface area (Å²) in [7, 11) is -0.745. The Bertz CT molecular complexity index is 935. The molecule has 0 bridgehead atoms. The molecular weight excluding hydrogens is 466 g/mol. The van der Waals surface area contributed by atoms with Crippen LogP contribution < -0.4 is 9.16 Å². The molecule has 9 heteroatoms. The number of phenols is 1. The molecule has 1 saturated heterocycles. The Hall–Kier alpha value is -1.97. The van der Waals surface area contributed by atoms with Gasteiger partial charge in [-0.05, 0) is 65.2 Å². The van der Waals surface area contributed by atoms with Gasteiger partial charge in [0.25, 0.3) is 8.32 Å². The van der Waals surface area contributed by atoms with Crippen LogP contribution in [0.25, 0.3) is 0 Å². The highest BCUT2D eigenvalue weighted by molar-refractivity contribution is 6.76. The topological polar surface area (TPSA) is 97.7 Å². The number of aliphatic hydroxyl groups excluding tert-OH is 1.